The lowest BCUT2D eigenvalue weighted by Gasteiger charge is -2.26. The minimum atomic E-state index is -4.02. The SMILES string of the molecule is COCc1cc(-c2ccnc(F)c2)c(CC(=O)OC(C)(C)C)c(C(C)C)c1.COCc1cc(-c2ccnc(OCC(C)(C)n3cc(S(=O)(=O)N(Cc4ccc(OC)cc4)Cc4ccc(OC)cc4)cn3)c2)c(CC(=O)OC(C)(C)C)c(C(C)C)c1.COc1ccc(CN(Cc2ccc(OC)cc2)S(=O)(=O)c2cnn(C(C)(C)CO)c2)cc1. The van der Waals surface area contributed by atoms with Crippen LogP contribution in [0.2, 0.25) is 0 Å². The summed E-state index contributed by atoms with van der Waals surface area (Å²) in [7, 11) is 1.74. The lowest BCUT2D eigenvalue weighted by atomic mass is 9.87. The number of carbonyl (C=O) groups is 2. The van der Waals surface area contributed by atoms with E-state index in [-0.39, 0.29) is 85.8 Å². The maximum absolute atomic E-state index is 14.3. The van der Waals surface area contributed by atoms with E-state index in [1.165, 1.54) is 50.3 Å². The number of halogens is 1. The van der Waals surface area contributed by atoms with Crippen molar-refractivity contribution in [3.63, 3.8) is 0 Å². The molecule has 10 rings (SSSR count). The number of ether oxygens (including phenoxy) is 9. The highest BCUT2D eigenvalue weighted by atomic mass is 32.2. The second-order valence-electron chi connectivity index (χ2n) is 32.1. The molecule has 0 unspecified atom stereocenters. The highest BCUT2D eigenvalue weighted by molar-refractivity contribution is 7.89. The average Bonchev–Trinajstić information content (AvgIpc) is 1.68. The third-order valence-electron chi connectivity index (χ3n) is 18.8. The summed E-state index contributed by atoms with van der Waals surface area (Å²) < 4.78 is 125. The van der Waals surface area contributed by atoms with E-state index in [0.29, 0.717) is 47.7 Å². The van der Waals surface area contributed by atoms with Crippen LogP contribution in [0.15, 0.2) is 193 Å². The Kier molecular flexibility index (Phi) is 32.0. The predicted molar refractivity (Wildman–Crippen MR) is 449 cm³/mol. The molecule has 0 fully saturated rings. The van der Waals surface area contributed by atoms with Crippen LogP contribution in [0.1, 0.15) is 164 Å². The molecule has 10 aromatic rings. The van der Waals surface area contributed by atoms with Gasteiger partial charge in [0.05, 0.1) is 84.6 Å². The van der Waals surface area contributed by atoms with E-state index in [4.69, 9.17) is 42.6 Å². The maximum atomic E-state index is 14.3. The van der Waals surface area contributed by atoms with Crippen molar-refractivity contribution in [1.29, 1.82) is 0 Å². The molecule has 0 bridgehead atoms. The Morgan fingerprint density at radius 2 is 0.803 bits per heavy atom. The number of pyridine rings is 2. The Morgan fingerprint density at radius 1 is 0.462 bits per heavy atom. The molecule has 628 valence electrons. The highest BCUT2D eigenvalue weighted by Crippen LogP contribution is 2.38. The first kappa shape index (κ1) is 92.1. The smallest absolute Gasteiger partial charge is 0.310 e. The van der Waals surface area contributed by atoms with Gasteiger partial charge >= 0.3 is 11.9 Å². The number of rotatable bonds is 34. The van der Waals surface area contributed by atoms with E-state index in [2.05, 4.69) is 60.0 Å². The minimum absolute atomic E-state index is 0.0529. The molecule has 0 saturated carbocycles. The van der Waals surface area contributed by atoms with Crippen LogP contribution in [0, 0.1) is 5.95 Å². The van der Waals surface area contributed by atoms with Gasteiger partial charge < -0.3 is 47.7 Å². The van der Waals surface area contributed by atoms with Crippen molar-refractivity contribution in [2.45, 2.75) is 193 Å². The van der Waals surface area contributed by atoms with Crippen LogP contribution in [-0.2, 0) is 112 Å². The molecular weight excluding hydrogens is 1530 g/mol. The molecule has 6 aromatic carbocycles. The van der Waals surface area contributed by atoms with Gasteiger partial charge in [0.15, 0.2) is 0 Å². The van der Waals surface area contributed by atoms with Crippen LogP contribution >= 0.6 is 0 Å². The molecule has 0 aliphatic heterocycles. The monoisotopic (exact) mass is 1640 g/mol. The van der Waals surface area contributed by atoms with Gasteiger partial charge in [-0.25, -0.2) is 26.8 Å². The van der Waals surface area contributed by atoms with Crippen LogP contribution in [0.5, 0.6) is 28.9 Å². The summed E-state index contributed by atoms with van der Waals surface area (Å²) in [6, 6.07) is 44.2. The standard InChI is InChI=1S/C45H56N4O8S.C23H29N3O5S.C22H28FNO3/c1-31(2)39-21-34(29-53-8)22-40(41(39)24-43(50)57-44(3,4)5)35-19-20-46-42(23-35)56-30-45(6,7)49-28-38(25-47-49)58(51,52)48(26-32-11-15-36(54-9)16-12-32)27-33-13-17-37(55-10)18-14-33;1-23(2,17-27)26-16-22(13-24-26)32(28,29)25(14-18-5-9-20(30-3)10-6-18)15-19-7-11-21(31-4)12-8-19;1-14(2)17-9-15(13-26-6)10-18(16-7-8-24-20(23)11-16)19(17)12-21(25)27-22(3,4)5/h11-23,25,28,31H,24,26-27,29-30H2,1-10H3;5-13,16,27H,14-15,17H2,1-4H3;7-11,14H,12-13H2,1-6H3. The molecule has 27 heteroatoms. The Hall–Kier alpha value is -10.4. The summed E-state index contributed by atoms with van der Waals surface area (Å²) in [5.74, 6) is 2.27. The molecule has 4 heterocycles. The van der Waals surface area contributed by atoms with Crippen LogP contribution in [0.4, 0.5) is 4.39 Å². The van der Waals surface area contributed by atoms with Crippen LogP contribution in [-0.4, -0.2) is 139 Å². The number of esters is 2. The number of benzene rings is 6. The zero-order chi connectivity index (χ0) is 85.8. The number of hydrogen-bond donors (Lipinski definition) is 1. The molecule has 0 saturated heterocycles. The lowest BCUT2D eigenvalue weighted by molar-refractivity contribution is -0.155. The highest BCUT2D eigenvalue weighted by Gasteiger charge is 2.33. The molecular formula is C90H113FN8O16S2. The molecule has 1 N–H and O–H groups in total. The van der Waals surface area contributed by atoms with Crippen LogP contribution in [0.3, 0.4) is 0 Å². The van der Waals surface area contributed by atoms with Gasteiger partial charge in [-0.1, -0.05) is 88.4 Å². The van der Waals surface area contributed by atoms with Crippen LogP contribution < -0.4 is 23.7 Å². The van der Waals surface area contributed by atoms with E-state index in [9.17, 15) is 35.9 Å². The quantitative estimate of drug-likeness (QED) is 0.0290. The Bertz CT molecular complexity index is 5060. The Morgan fingerprint density at radius 3 is 1.12 bits per heavy atom. The van der Waals surface area contributed by atoms with Crippen molar-refractivity contribution in [3.05, 3.63) is 244 Å². The number of methoxy groups -OCH3 is 6. The number of nitrogens with zero attached hydrogens (tertiary/aromatic N) is 8. The van der Waals surface area contributed by atoms with Crippen molar-refractivity contribution in [3.8, 4) is 51.1 Å². The normalized spacial score (nSPS) is 12.1. The molecule has 0 radical (unpaired) electrons. The van der Waals surface area contributed by atoms with Crippen molar-refractivity contribution in [2.75, 3.05) is 55.9 Å². The minimum Gasteiger partial charge on any atom is -0.497 e. The van der Waals surface area contributed by atoms with Gasteiger partial charge in [0.25, 0.3) is 0 Å². The van der Waals surface area contributed by atoms with E-state index >= 15 is 0 Å². The number of carbonyl (C=O) groups excluding carboxylic acids is 2. The van der Waals surface area contributed by atoms with E-state index in [1.807, 2.05) is 152 Å². The maximum Gasteiger partial charge on any atom is 0.310 e. The van der Waals surface area contributed by atoms with Gasteiger partial charge in [0, 0.05) is 77.3 Å². The molecule has 4 aromatic heterocycles. The van der Waals surface area contributed by atoms with Crippen molar-refractivity contribution >= 4 is 32.0 Å². The molecule has 0 spiro atoms. The van der Waals surface area contributed by atoms with Gasteiger partial charge in [-0.3, -0.25) is 19.0 Å². The summed E-state index contributed by atoms with van der Waals surface area (Å²) in [6.45, 7) is 28.2. The fraction of sp³-hybridized carbons (Fsp3) is 0.400. The first-order valence-electron chi connectivity index (χ1n) is 38.4. The third kappa shape index (κ3) is 26.1. The van der Waals surface area contributed by atoms with E-state index < -0.39 is 48.3 Å². The number of aliphatic hydroxyl groups is 1. The first-order valence-corrected chi connectivity index (χ1v) is 41.3. The average molecular weight is 1650 g/mol. The van der Waals surface area contributed by atoms with Crippen molar-refractivity contribution < 1.29 is 78.6 Å². The first-order chi connectivity index (χ1) is 55.2. The van der Waals surface area contributed by atoms with Crippen LogP contribution in [0.25, 0.3) is 22.3 Å². The summed E-state index contributed by atoms with van der Waals surface area (Å²) in [5.41, 5.74) is 9.49. The van der Waals surface area contributed by atoms with Crippen molar-refractivity contribution in [2.24, 2.45) is 0 Å². The zero-order valence-electron chi connectivity index (χ0n) is 70.9. The summed E-state index contributed by atoms with van der Waals surface area (Å²) in [6.07, 6.45) is 9.01. The fourth-order valence-electron chi connectivity index (χ4n) is 12.6. The van der Waals surface area contributed by atoms with Gasteiger partial charge in [-0.05, 0) is 232 Å². The topological polar surface area (TPSA) is 274 Å². The number of aliphatic hydroxyl groups excluding tert-OH is 1. The summed E-state index contributed by atoms with van der Waals surface area (Å²) in [4.78, 5) is 34.0. The zero-order valence-corrected chi connectivity index (χ0v) is 72.5. The Labute approximate surface area is 689 Å². The summed E-state index contributed by atoms with van der Waals surface area (Å²) >= 11 is 0. The molecule has 0 atom stereocenters. The van der Waals surface area contributed by atoms with E-state index in [0.717, 1.165) is 72.3 Å². The van der Waals surface area contributed by atoms with Gasteiger partial charge in [-0.2, -0.15) is 23.2 Å². The van der Waals surface area contributed by atoms with Gasteiger partial charge in [-0.15, -0.1) is 0 Å². The fourth-order valence-corrected chi connectivity index (χ4v) is 15.3. The number of aromatic nitrogens is 6. The molecule has 0 aliphatic carbocycles. The second-order valence-corrected chi connectivity index (χ2v) is 36.0. The van der Waals surface area contributed by atoms with E-state index in [1.54, 1.807) is 97.7 Å². The Balaban J connectivity index is 0.000000243. The molecule has 0 amide bonds. The van der Waals surface area contributed by atoms with Gasteiger partial charge in [0.2, 0.25) is 31.9 Å². The number of hydrogen-bond acceptors (Lipinski definition) is 20. The predicted octanol–water partition coefficient (Wildman–Crippen LogP) is 16.4. The largest absolute Gasteiger partial charge is 0.497 e. The second kappa shape index (κ2) is 40.7. The number of sulfonamides is 2. The third-order valence-corrected chi connectivity index (χ3v) is 22.3. The summed E-state index contributed by atoms with van der Waals surface area (Å²) in [5, 5.41) is 18.3. The molecule has 117 heavy (non-hydrogen) atoms. The van der Waals surface area contributed by atoms with Crippen molar-refractivity contribution in [1.82, 2.24) is 38.1 Å². The molecule has 0 aliphatic rings. The molecule has 24 nitrogen and oxygen atoms in total. The lowest BCUT2D eigenvalue weighted by Crippen LogP contribution is -2.34. The van der Waals surface area contributed by atoms with Gasteiger partial charge in [0.1, 0.15) is 50.6 Å².